The predicted octanol–water partition coefficient (Wildman–Crippen LogP) is 4.42. The lowest BCUT2D eigenvalue weighted by molar-refractivity contribution is 0.0795. The van der Waals surface area contributed by atoms with E-state index in [1.165, 1.54) is 12.8 Å². The fourth-order valence-electron chi connectivity index (χ4n) is 4.40. The number of halogens is 1. The summed E-state index contributed by atoms with van der Waals surface area (Å²) in [6.45, 7) is 3.68. The standard InChI is InChI=1S/C20H28FN3O/c1-12-4-6-13(7-5-12)18(22)20-23-16-9-8-15(17(21)19(16)24-20)14-3-2-10-25-11-14/h8-9,12-14,18H,2-7,10-11,22H2,1H3,(H,23,24). The first kappa shape index (κ1) is 17.0. The SMILES string of the molecule is CC1CCC(C(N)c2nc3c(F)c(C4CCCOC4)ccc3[nH]2)CC1. The number of H-pyrrole nitrogens is 1. The number of hydrogen-bond acceptors (Lipinski definition) is 3. The number of aromatic nitrogens is 2. The summed E-state index contributed by atoms with van der Waals surface area (Å²) in [5.41, 5.74) is 8.37. The number of benzene rings is 1. The van der Waals surface area contributed by atoms with Crippen LogP contribution in [0.3, 0.4) is 0 Å². The molecule has 3 N–H and O–H groups in total. The van der Waals surface area contributed by atoms with Gasteiger partial charge in [0.15, 0.2) is 5.82 Å². The van der Waals surface area contributed by atoms with Crippen molar-refractivity contribution in [3.8, 4) is 0 Å². The molecule has 1 aliphatic heterocycles. The minimum absolute atomic E-state index is 0.131. The van der Waals surface area contributed by atoms with Crippen LogP contribution in [-0.2, 0) is 4.74 Å². The number of hydrogen-bond donors (Lipinski definition) is 2. The fourth-order valence-corrected chi connectivity index (χ4v) is 4.40. The molecule has 2 heterocycles. The van der Waals surface area contributed by atoms with Crippen molar-refractivity contribution >= 4 is 11.0 Å². The van der Waals surface area contributed by atoms with E-state index < -0.39 is 0 Å². The van der Waals surface area contributed by atoms with E-state index in [-0.39, 0.29) is 17.8 Å². The third kappa shape index (κ3) is 3.32. The molecule has 2 aliphatic rings. The summed E-state index contributed by atoms with van der Waals surface area (Å²) in [6, 6.07) is 3.68. The van der Waals surface area contributed by atoms with E-state index in [1.807, 2.05) is 12.1 Å². The molecule has 2 aromatic rings. The molecule has 0 bridgehead atoms. The van der Waals surface area contributed by atoms with Gasteiger partial charge in [-0.25, -0.2) is 9.37 Å². The number of aromatic amines is 1. The van der Waals surface area contributed by atoms with Crippen molar-refractivity contribution in [2.24, 2.45) is 17.6 Å². The lowest BCUT2D eigenvalue weighted by Gasteiger charge is -2.29. The summed E-state index contributed by atoms with van der Waals surface area (Å²) in [5, 5.41) is 0. The number of imidazole rings is 1. The van der Waals surface area contributed by atoms with Crippen molar-refractivity contribution < 1.29 is 9.13 Å². The van der Waals surface area contributed by atoms with Gasteiger partial charge in [-0.15, -0.1) is 0 Å². The van der Waals surface area contributed by atoms with Crippen LogP contribution in [0.2, 0.25) is 0 Å². The predicted molar refractivity (Wildman–Crippen MR) is 96.9 cm³/mol. The normalized spacial score (nSPS) is 29.0. The Hall–Kier alpha value is -1.46. The Morgan fingerprint density at radius 1 is 1.24 bits per heavy atom. The van der Waals surface area contributed by atoms with E-state index in [4.69, 9.17) is 10.5 Å². The van der Waals surface area contributed by atoms with Crippen LogP contribution in [0, 0.1) is 17.7 Å². The first-order valence-electron chi connectivity index (χ1n) is 9.65. The van der Waals surface area contributed by atoms with Gasteiger partial charge in [-0.05, 0) is 49.1 Å². The van der Waals surface area contributed by atoms with Crippen LogP contribution in [0.25, 0.3) is 11.0 Å². The van der Waals surface area contributed by atoms with Gasteiger partial charge in [0, 0.05) is 12.5 Å². The number of rotatable bonds is 3. The second-order valence-corrected chi connectivity index (χ2v) is 7.95. The molecular formula is C20H28FN3O. The van der Waals surface area contributed by atoms with Gasteiger partial charge >= 0.3 is 0 Å². The summed E-state index contributed by atoms with van der Waals surface area (Å²) in [5.74, 6) is 1.88. The van der Waals surface area contributed by atoms with Gasteiger partial charge in [0.2, 0.25) is 0 Å². The highest BCUT2D eigenvalue weighted by Crippen LogP contribution is 2.36. The zero-order valence-electron chi connectivity index (χ0n) is 14.9. The minimum Gasteiger partial charge on any atom is -0.381 e. The highest BCUT2D eigenvalue weighted by Gasteiger charge is 2.28. The van der Waals surface area contributed by atoms with Crippen molar-refractivity contribution in [1.29, 1.82) is 0 Å². The zero-order chi connectivity index (χ0) is 17.4. The maximum atomic E-state index is 15.0. The maximum absolute atomic E-state index is 15.0. The second kappa shape index (κ2) is 7.04. The van der Waals surface area contributed by atoms with Crippen LogP contribution in [0.4, 0.5) is 4.39 Å². The van der Waals surface area contributed by atoms with E-state index in [0.29, 0.717) is 18.0 Å². The highest BCUT2D eigenvalue weighted by molar-refractivity contribution is 5.77. The monoisotopic (exact) mass is 345 g/mol. The Labute approximate surface area is 148 Å². The number of nitrogens with zero attached hydrogens (tertiary/aromatic N) is 1. The van der Waals surface area contributed by atoms with Gasteiger partial charge in [0.05, 0.1) is 18.2 Å². The quantitative estimate of drug-likeness (QED) is 0.865. The lowest BCUT2D eigenvalue weighted by atomic mass is 9.79. The van der Waals surface area contributed by atoms with E-state index in [9.17, 15) is 0 Å². The molecule has 5 heteroatoms. The van der Waals surface area contributed by atoms with Gasteiger partial charge in [-0.1, -0.05) is 25.8 Å². The molecule has 1 saturated carbocycles. The third-order valence-corrected chi connectivity index (χ3v) is 6.13. The average Bonchev–Trinajstić information content (AvgIpc) is 3.08. The van der Waals surface area contributed by atoms with Gasteiger partial charge < -0.3 is 15.5 Å². The van der Waals surface area contributed by atoms with Crippen LogP contribution in [0.1, 0.15) is 68.8 Å². The van der Waals surface area contributed by atoms with Crippen molar-refractivity contribution in [2.45, 2.75) is 57.4 Å². The molecule has 4 nitrogen and oxygen atoms in total. The number of ether oxygens (including phenoxy) is 1. The van der Waals surface area contributed by atoms with Crippen molar-refractivity contribution in [1.82, 2.24) is 9.97 Å². The fraction of sp³-hybridized carbons (Fsp3) is 0.650. The molecule has 4 rings (SSSR count). The molecule has 0 radical (unpaired) electrons. The largest absolute Gasteiger partial charge is 0.381 e. The van der Waals surface area contributed by atoms with Crippen LogP contribution in [0.5, 0.6) is 0 Å². The molecule has 2 unspecified atom stereocenters. The molecule has 1 aromatic heterocycles. The summed E-state index contributed by atoms with van der Waals surface area (Å²) < 4.78 is 20.6. The van der Waals surface area contributed by atoms with Crippen LogP contribution in [0.15, 0.2) is 12.1 Å². The van der Waals surface area contributed by atoms with Crippen molar-refractivity contribution in [2.75, 3.05) is 13.2 Å². The zero-order valence-corrected chi connectivity index (χ0v) is 14.9. The summed E-state index contributed by atoms with van der Waals surface area (Å²) in [7, 11) is 0. The smallest absolute Gasteiger partial charge is 0.154 e. The number of nitrogens with two attached hydrogens (primary N) is 1. The number of nitrogens with one attached hydrogen (secondary N) is 1. The molecule has 25 heavy (non-hydrogen) atoms. The minimum atomic E-state index is -0.208. The Bertz CT molecular complexity index is 730. The molecule has 0 spiro atoms. The van der Waals surface area contributed by atoms with Gasteiger partial charge in [-0.2, -0.15) is 0 Å². The lowest BCUT2D eigenvalue weighted by Crippen LogP contribution is -2.26. The molecule has 2 fully saturated rings. The molecule has 2 atom stereocenters. The van der Waals surface area contributed by atoms with Crippen molar-refractivity contribution in [3.05, 3.63) is 29.3 Å². The first-order chi connectivity index (χ1) is 12.1. The summed E-state index contributed by atoms with van der Waals surface area (Å²) in [6.07, 6.45) is 6.66. The Morgan fingerprint density at radius 3 is 2.76 bits per heavy atom. The first-order valence-corrected chi connectivity index (χ1v) is 9.65. The van der Waals surface area contributed by atoms with Crippen LogP contribution >= 0.6 is 0 Å². The summed E-state index contributed by atoms with van der Waals surface area (Å²) in [4.78, 5) is 7.83. The van der Waals surface area contributed by atoms with Crippen LogP contribution < -0.4 is 5.73 Å². The highest BCUT2D eigenvalue weighted by atomic mass is 19.1. The molecule has 0 amide bonds. The van der Waals surface area contributed by atoms with E-state index in [1.54, 1.807) is 0 Å². The van der Waals surface area contributed by atoms with E-state index >= 15 is 4.39 Å². The molecule has 1 saturated heterocycles. The molecular weight excluding hydrogens is 317 g/mol. The Kier molecular flexibility index (Phi) is 4.78. The van der Waals surface area contributed by atoms with Crippen LogP contribution in [-0.4, -0.2) is 23.2 Å². The molecule has 1 aliphatic carbocycles. The van der Waals surface area contributed by atoms with Gasteiger partial charge in [-0.3, -0.25) is 0 Å². The van der Waals surface area contributed by atoms with E-state index in [0.717, 1.165) is 55.1 Å². The maximum Gasteiger partial charge on any atom is 0.154 e. The van der Waals surface area contributed by atoms with Gasteiger partial charge in [0.1, 0.15) is 11.3 Å². The number of fused-ring (bicyclic) bond motifs is 1. The Balaban J connectivity index is 1.60. The third-order valence-electron chi connectivity index (χ3n) is 6.13. The van der Waals surface area contributed by atoms with E-state index in [2.05, 4.69) is 16.9 Å². The van der Waals surface area contributed by atoms with Crippen molar-refractivity contribution in [3.63, 3.8) is 0 Å². The molecule has 1 aromatic carbocycles. The summed E-state index contributed by atoms with van der Waals surface area (Å²) >= 11 is 0. The Morgan fingerprint density at radius 2 is 2.04 bits per heavy atom. The average molecular weight is 345 g/mol. The van der Waals surface area contributed by atoms with Gasteiger partial charge in [0.25, 0.3) is 0 Å². The second-order valence-electron chi connectivity index (χ2n) is 7.95. The topological polar surface area (TPSA) is 63.9 Å². The molecule has 136 valence electrons.